The molecule has 0 aliphatic heterocycles. The van der Waals surface area contributed by atoms with Crippen LogP contribution in [0.25, 0.3) is 0 Å². The summed E-state index contributed by atoms with van der Waals surface area (Å²) in [4.78, 5) is 37.6. The van der Waals surface area contributed by atoms with Gasteiger partial charge in [0.2, 0.25) is 0 Å². The Kier molecular flexibility index (Phi) is 50.6. The van der Waals surface area contributed by atoms with Crippen LogP contribution in [0.4, 0.5) is 0 Å². The van der Waals surface area contributed by atoms with E-state index in [9.17, 15) is 14.4 Å². The van der Waals surface area contributed by atoms with Crippen LogP contribution in [0.1, 0.15) is 213 Å². The molecule has 0 aliphatic carbocycles. The first kappa shape index (κ1) is 62.5. The first-order chi connectivity index (χ1) is 33.0. The molecule has 0 aliphatic rings. The van der Waals surface area contributed by atoms with E-state index in [1.807, 2.05) is 0 Å². The highest BCUT2D eigenvalue weighted by Crippen LogP contribution is 2.12. The van der Waals surface area contributed by atoms with Gasteiger partial charge in [-0.25, -0.2) is 0 Å². The highest BCUT2D eigenvalue weighted by atomic mass is 16.6. The van der Waals surface area contributed by atoms with Crippen LogP contribution in [-0.4, -0.2) is 37.2 Å². The van der Waals surface area contributed by atoms with Crippen molar-refractivity contribution in [2.24, 2.45) is 0 Å². The zero-order chi connectivity index (χ0) is 48.6. The molecule has 0 rings (SSSR count). The van der Waals surface area contributed by atoms with E-state index in [1.165, 1.54) is 32.1 Å². The van der Waals surface area contributed by atoms with Gasteiger partial charge in [-0.2, -0.15) is 0 Å². The quantitative estimate of drug-likeness (QED) is 0.0262. The molecular weight excluding hydrogens is 829 g/mol. The maximum atomic E-state index is 12.7. The van der Waals surface area contributed by atoms with Gasteiger partial charge in [-0.1, -0.05) is 212 Å². The molecule has 6 nitrogen and oxygen atoms in total. The highest BCUT2D eigenvalue weighted by Gasteiger charge is 2.19. The van der Waals surface area contributed by atoms with Crippen molar-refractivity contribution >= 4 is 17.9 Å². The number of hydrogen-bond acceptors (Lipinski definition) is 6. The van der Waals surface area contributed by atoms with Gasteiger partial charge in [0.15, 0.2) is 6.10 Å². The molecule has 0 saturated carbocycles. The molecule has 0 amide bonds. The van der Waals surface area contributed by atoms with Gasteiger partial charge in [0.05, 0.1) is 0 Å². The lowest BCUT2D eigenvalue weighted by Gasteiger charge is -2.18. The van der Waals surface area contributed by atoms with Crippen LogP contribution in [0.2, 0.25) is 0 Å². The topological polar surface area (TPSA) is 78.9 Å². The van der Waals surface area contributed by atoms with E-state index in [1.54, 1.807) is 0 Å². The van der Waals surface area contributed by atoms with Crippen LogP contribution < -0.4 is 0 Å². The van der Waals surface area contributed by atoms with E-state index in [2.05, 4.69) is 154 Å². The molecular formula is C61H96O6. The Labute approximate surface area is 411 Å². The number of carbonyl (C=O) groups excluding carboxylic acids is 3. The second-order valence-electron chi connectivity index (χ2n) is 17.1. The Morgan fingerprint density at radius 3 is 1.01 bits per heavy atom. The Bertz CT molecular complexity index is 1480. The summed E-state index contributed by atoms with van der Waals surface area (Å²) in [6.07, 6.45) is 76.3. The average Bonchev–Trinajstić information content (AvgIpc) is 3.33. The second kappa shape index (κ2) is 54.2. The lowest BCUT2D eigenvalue weighted by molar-refractivity contribution is -0.167. The van der Waals surface area contributed by atoms with E-state index < -0.39 is 6.10 Å². The maximum Gasteiger partial charge on any atom is 0.306 e. The van der Waals surface area contributed by atoms with Crippen molar-refractivity contribution in [3.63, 3.8) is 0 Å². The summed E-state index contributed by atoms with van der Waals surface area (Å²) in [5.74, 6) is -0.977. The molecule has 0 spiro atoms. The molecule has 67 heavy (non-hydrogen) atoms. The lowest BCUT2D eigenvalue weighted by Crippen LogP contribution is -2.30. The summed E-state index contributed by atoms with van der Waals surface area (Å²) in [5, 5.41) is 0. The zero-order valence-corrected chi connectivity index (χ0v) is 42.9. The number of allylic oxidation sites excluding steroid dienone is 22. The standard InChI is InChI=1S/C61H96O6/c1-4-7-10-13-16-18-20-21-22-23-24-25-26-27-28-29-30-31-32-33-34-35-36-37-38-39-40-41-42-44-45-48-51-54-60(63)66-57-58(56-65-59(62)53-50-47-15-12-9-6-3)67-61(64)55-52-49-46-43-19-17-14-11-8-5-2/h7,10-11,14,16,18,21-22,24-25,27-28,30-31,33-34,36-37,39-40,42,44,58H,4-6,8-9,12-13,15,17,19-20,23,26,29,32,35,38,41,43,45-57H2,1-3H3/b10-7-,14-11-,18-16-,22-21-,25-24-,28-27-,31-30-,34-33-,37-36-,40-39-,44-42-. The number of unbranched alkanes of at least 4 members (excludes halogenated alkanes) is 13. The van der Waals surface area contributed by atoms with Crippen LogP contribution in [-0.2, 0) is 28.6 Å². The molecule has 6 heteroatoms. The average molecular weight is 925 g/mol. The predicted octanol–water partition coefficient (Wildman–Crippen LogP) is 17.9. The Hall–Kier alpha value is -4.45. The van der Waals surface area contributed by atoms with Crippen LogP contribution >= 0.6 is 0 Å². The van der Waals surface area contributed by atoms with Crippen molar-refractivity contribution < 1.29 is 28.6 Å². The molecule has 1 atom stereocenters. The summed E-state index contributed by atoms with van der Waals surface area (Å²) in [6, 6.07) is 0. The van der Waals surface area contributed by atoms with E-state index in [4.69, 9.17) is 14.2 Å². The highest BCUT2D eigenvalue weighted by molar-refractivity contribution is 5.71. The third-order valence-corrected chi connectivity index (χ3v) is 10.6. The summed E-state index contributed by atoms with van der Waals surface area (Å²) >= 11 is 0. The largest absolute Gasteiger partial charge is 0.462 e. The van der Waals surface area contributed by atoms with Crippen LogP contribution in [0.5, 0.6) is 0 Å². The summed E-state index contributed by atoms with van der Waals surface area (Å²) in [5.41, 5.74) is 0. The third kappa shape index (κ3) is 52.4. The lowest BCUT2D eigenvalue weighted by atomic mass is 10.1. The van der Waals surface area contributed by atoms with Gasteiger partial charge in [0.25, 0.3) is 0 Å². The molecule has 0 bridgehead atoms. The maximum absolute atomic E-state index is 12.7. The van der Waals surface area contributed by atoms with Crippen LogP contribution in [0.3, 0.4) is 0 Å². The molecule has 0 aromatic carbocycles. The summed E-state index contributed by atoms with van der Waals surface area (Å²) in [6.45, 7) is 6.32. The van der Waals surface area contributed by atoms with Gasteiger partial charge in [-0.3, -0.25) is 14.4 Å². The van der Waals surface area contributed by atoms with E-state index in [-0.39, 0.29) is 31.1 Å². The van der Waals surface area contributed by atoms with Crippen molar-refractivity contribution in [1.29, 1.82) is 0 Å². The minimum atomic E-state index is -0.798. The smallest absolute Gasteiger partial charge is 0.306 e. The number of ether oxygens (including phenoxy) is 3. The number of rotatable bonds is 46. The molecule has 0 fully saturated rings. The number of hydrogen-bond donors (Lipinski definition) is 0. The minimum Gasteiger partial charge on any atom is -0.462 e. The van der Waals surface area contributed by atoms with Crippen LogP contribution in [0.15, 0.2) is 134 Å². The minimum absolute atomic E-state index is 0.0988. The number of esters is 3. The van der Waals surface area contributed by atoms with Gasteiger partial charge in [0, 0.05) is 19.3 Å². The first-order valence-electron chi connectivity index (χ1n) is 26.7. The molecule has 0 N–H and O–H groups in total. The van der Waals surface area contributed by atoms with Gasteiger partial charge in [-0.15, -0.1) is 0 Å². The van der Waals surface area contributed by atoms with Gasteiger partial charge < -0.3 is 14.2 Å². The van der Waals surface area contributed by atoms with Crippen molar-refractivity contribution in [2.45, 2.75) is 219 Å². The first-order valence-corrected chi connectivity index (χ1v) is 26.7. The van der Waals surface area contributed by atoms with Crippen molar-refractivity contribution in [2.75, 3.05) is 13.2 Å². The predicted molar refractivity (Wildman–Crippen MR) is 288 cm³/mol. The zero-order valence-electron chi connectivity index (χ0n) is 42.9. The van der Waals surface area contributed by atoms with E-state index in [0.717, 1.165) is 135 Å². The fourth-order valence-corrected chi connectivity index (χ4v) is 6.65. The van der Waals surface area contributed by atoms with Crippen molar-refractivity contribution in [1.82, 2.24) is 0 Å². The molecule has 1 unspecified atom stereocenters. The Morgan fingerprint density at radius 2 is 0.612 bits per heavy atom. The van der Waals surface area contributed by atoms with E-state index in [0.29, 0.717) is 25.7 Å². The van der Waals surface area contributed by atoms with Gasteiger partial charge >= 0.3 is 17.9 Å². The monoisotopic (exact) mass is 925 g/mol. The van der Waals surface area contributed by atoms with Gasteiger partial charge in [-0.05, 0) is 116 Å². The Balaban J connectivity index is 4.19. The fourth-order valence-electron chi connectivity index (χ4n) is 6.65. The summed E-state index contributed by atoms with van der Waals surface area (Å²) < 4.78 is 16.6. The molecule has 0 aromatic rings. The normalized spacial score (nSPS) is 13.2. The molecule has 0 saturated heterocycles. The van der Waals surface area contributed by atoms with E-state index >= 15 is 0 Å². The Morgan fingerprint density at radius 1 is 0.313 bits per heavy atom. The van der Waals surface area contributed by atoms with Crippen molar-refractivity contribution in [3.8, 4) is 0 Å². The van der Waals surface area contributed by atoms with Crippen molar-refractivity contribution in [3.05, 3.63) is 134 Å². The third-order valence-electron chi connectivity index (χ3n) is 10.6. The molecule has 0 heterocycles. The number of carbonyl (C=O) groups is 3. The molecule has 0 aromatic heterocycles. The molecule has 0 radical (unpaired) electrons. The van der Waals surface area contributed by atoms with Gasteiger partial charge in [0.1, 0.15) is 13.2 Å². The summed E-state index contributed by atoms with van der Waals surface area (Å²) in [7, 11) is 0. The second-order valence-corrected chi connectivity index (χ2v) is 17.1. The SMILES string of the molecule is CC/C=C\C/C=C\C/C=C\C/C=C\C/C=C\C/C=C\C/C=C\C/C=C\C/C=C\C/C=C\CCCCC(=O)OCC(COC(=O)CCCCCCCC)OC(=O)CCCCCCC/C=C\CCC. The fraction of sp³-hybridized carbons (Fsp3) is 0.590. The molecule has 376 valence electrons. The van der Waals surface area contributed by atoms with Crippen LogP contribution in [0, 0.1) is 0 Å².